The molecule has 0 fully saturated rings. The lowest BCUT2D eigenvalue weighted by Crippen LogP contribution is -2.28. The van der Waals surface area contributed by atoms with Gasteiger partial charge in [-0.25, -0.2) is 8.42 Å². The minimum atomic E-state index is -3.87. The molecule has 7 nitrogen and oxygen atoms in total. The molecule has 0 saturated carbocycles. The van der Waals surface area contributed by atoms with E-state index < -0.39 is 10.0 Å². The highest BCUT2D eigenvalue weighted by Gasteiger charge is 2.27. The summed E-state index contributed by atoms with van der Waals surface area (Å²) < 4.78 is 38.8. The second-order valence-corrected chi connectivity index (χ2v) is 9.25. The average Bonchev–Trinajstić information content (AvgIpc) is 3.42. The molecule has 1 aliphatic heterocycles. The van der Waals surface area contributed by atoms with Crippen molar-refractivity contribution in [3.8, 4) is 11.5 Å². The van der Waals surface area contributed by atoms with Gasteiger partial charge in [0.1, 0.15) is 16.4 Å². The summed E-state index contributed by atoms with van der Waals surface area (Å²) in [6, 6.07) is 13.4. The number of nitrogens with one attached hydrogen (secondary N) is 1. The number of hydrogen-bond donors (Lipinski definition) is 1. The Hall–Kier alpha value is -3.04. The van der Waals surface area contributed by atoms with Gasteiger partial charge in [0, 0.05) is 24.0 Å². The molecular weight excluding hydrogens is 424 g/mol. The Morgan fingerprint density at radius 2 is 1.93 bits per heavy atom. The van der Waals surface area contributed by atoms with Crippen LogP contribution in [-0.4, -0.2) is 35.1 Å². The predicted molar refractivity (Wildman–Crippen MR) is 116 cm³/mol. The summed E-state index contributed by atoms with van der Waals surface area (Å²) >= 11 is 1.40. The molecule has 0 radical (unpaired) electrons. The summed E-state index contributed by atoms with van der Waals surface area (Å²) in [5.41, 5.74) is 2.15. The number of hydrogen-bond acceptors (Lipinski definition) is 6. The van der Waals surface area contributed by atoms with Crippen molar-refractivity contribution in [2.24, 2.45) is 0 Å². The van der Waals surface area contributed by atoms with Crippen LogP contribution in [0, 0.1) is 0 Å². The van der Waals surface area contributed by atoms with Crippen LogP contribution in [0.5, 0.6) is 11.5 Å². The molecule has 2 aromatic carbocycles. The monoisotopic (exact) mass is 444 g/mol. The number of thiophene rings is 1. The number of methoxy groups -OCH3 is 2. The summed E-state index contributed by atoms with van der Waals surface area (Å²) in [5.74, 6) is 0.648. The molecular formula is C21H20N2O5S2. The second kappa shape index (κ2) is 8.00. The summed E-state index contributed by atoms with van der Waals surface area (Å²) in [7, 11) is -0.970. The maximum atomic E-state index is 12.9. The van der Waals surface area contributed by atoms with Crippen LogP contribution in [0.1, 0.15) is 15.2 Å². The van der Waals surface area contributed by atoms with Crippen molar-refractivity contribution in [3.63, 3.8) is 0 Å². The van der Waals surface area contributed by atoms with Gasteiger partial charge in [0.25, 0.3) is 15.9 Å². The molecule has 1 amide bonds. The number of carbonyl (C=O) groups is 1. The number of rotatable bonds is 6. The van der Waals surface area contributed by atoms with Crippen molar-refractivity contribution >= 4 is 38.6 Å². The van der Waals surface area contributed by atoms with E-state index in [4.69, 9.17) is 9.47 Å². The molecule has 156 valence electrons. The van der Waals surface area contributed by atoms with Crippen LogP contribution in [0.25, 0.3) is 0 Å². The van der Waals surface area contributed by atoms with Gasteiger partial charge in [-0.1, -0.05) is 6.07 Å². The molecule has 1 aliphatic rings. The van der Waals surface area contributed by atoms with Crippen molar-refractivity contribution in [3.05, 3.63) is 64.4 Å². The Labute approximate surface area is 178 Å². The van der Waals surface area contributed by atoms with Crippen LogP contribution in [0.4, 0.5) is 11.4 Å². The van der Waals surface area contributed by atoms with Gasteiger partial charge in [-0.3, -0.25) is 9.52 Å². The summed E-state index contributed by atoms with van der Waals surface area (Å²) in [6.45, 7) is 0.564. The zero-order valence-corrected chi connectivity index (χ0v) is 18.0. The lowest BCUT2D eigenvalue weighted by molar-refractivity contribution is 0.0993. The van der Waals surface area contributed by atoms with Crippen LogP contribution in [0.2, 0.25) is 0 Å². The Bertz CT molecular complexity index is 1190. The van der Waals surface area contributed by atoms with Crippen molar-refractivity contribution < 1.29 is 22.7 Å². The lowest BCUT2D eigenvalue weighted by atomic mass is 10.1. The molecule has 9 heteroatoms. The van der Waals surface area contributed by atoms with E-state index in [9.17, 15) is 13.2 Å². The topological polar surface area (TPSA) is 84.9 Å². The molecule has 30 heavy (non-hydrogen) atoms. The number of carbonyl (C=O) groups excluding carboxylic acids is 1. The minimum Gasteiger partial charge on any atom is -0.497 e. The minimum absolute atomic E-state index is 0.0146. The lowest BCUT2D eigenvalue weighted by Gasteiger charge is -2.17. The van der Waals surface area contributed by atoms with E-state index in [1.807, 2.05) is 11.4 Å². The fourth-order valence-corrected chi connectivity index (χ4v) is 5.29. The van der Waals surface area contributed by atoms with E-state index >= 15 is 0 Å². The van der Waals surface area contributed by atoms with Crippen molar-refractivity contribution in [1.82, 2.24) is 0 Å². The molecule has 1 N–H and O–H groups in total. The molecule has 1 aromatic heterocycles. The number of anilines is 2. The van der Waals surface area contributed by atoms with Crippen molar-refractivity contribution in [1.29, 1.82) is 0 Å². The average molecular weight is 445 g/mol. The van der Waals surface area contributed by atoms with Crippen LogP contribution >= 0.6 is 11.3 Å². The Kier molecular flexibility index (Phi) is 5.40. The zero-order valence-electron chi connectivity index (χ0n) is 16.4. The first kappa shape index (κ1) is 20.2. The molecule has 3 aromatic rings. The van der Waals surface area contributed by atoms with Gasteiger partial charge in [0.2, 0.25) is 0 Å². The first-order valence-corrected chi connectivity index (χ1v) is 11.5. The van der Waals surface area contributed by atoms with Gasteiger partial charge in [0.15, 0.2) is 0 Å². The van der Waals surface area contributed by atoms with Crippen molar-refractivity contribution in [2.75, 3.05) is 30.4 Å². The van der Waals surface area contributed by atoms with E-state index in [1.165, 1.54) is 37.7 Å². The molecule has 0 aliphatic carbocycles. The highest BCUT2D eigenvalue weighted by molar-refractivity contribution is 7.92. The number of amides is 1. The van der Waals surface area contributed by atoms with E-state index in [0.29, 0.717) is 29.3 Å². The summed E-state index contributed by atoms with van der Waals surface area (Å²) in [5, 5.41) is 1.87. The maximum Gasteiger partial charge on any atom is 0.268 e. The number of fused-ring (bicyclic) bond motifs is 1. The highest BCUT2D eigenvalue weighted by atomic mass is 32.2. The highest BCUT2D eigenvalue weighted by Crippen LogP contribution is 2.34. The van der Waals surface area contributed by atoms with Gasteiger partial charge in [-0.15, -0.1) is 11.3 Å². The summed E-state index contributed by atoms with van der Waals surface area (Å²) in [4.78, 5) is 15.1. The molecule has 4 rings (SSSR count). The van der Waals surface area contributed by atoms with Crippen molar-refractivity contribution in [2.45, 2.75) is 11.3 Å². The molecule has 0 spiro atoms. The summed E-state index contributed by atoms with van der Waals surface area (Å²) in [6.07, 6.45) is 0.661. The molecule has 0 unspecified atom stereocenters. The standard InChI is InChI=1S/C21H20N2O5S2/c1-27-16-6-8-20(18(13-16)28-2)30(25,26)22-15-5-7-17-14(12-15)9-10-23(17)21(24)19-4-3-11-29-19/h3-8,11-13,22H,9-10H2,1-2H3. The van der Waals surface area contributed by atoms with Gasteiger partial charge >= 0.3 is 0 Å². The van der Waals surface area contributed by atoms with Crippen LogP contribution in [-0.2, 0) is 16.4 Å². The third kappa shape index (κ3) is 3.73. The third-order valence-electron chi connectivity index (χ3n) is 4.86. The Morgan fingerprint density at radius 1 is 1.10 bits per heavy atom. The van der Waals surface area contributed by atoms with Crippen LogP contribution in [0.15, 0.2) is 58.8 Å². The molecule has 0 saturated heterocycles. The SMILES string of the molecule is COc1ccc(S(=O)(=O)Nc2ccc3c(c2)CCN3C(=O)c2cccs2)c(OC)c1. The van der Waals surface area contributed by atoms with E-state index in [1.54, 1.807) is 35.2 Å². The predicted octanol–water partition coefficient (Wildman–Crippen LogP) is 3.77. The first-order chi connectivity index (χ1) is 14.4. The number of sulfonamides is 1. The van der Waals surface area contributed by atoms with E-state index in [-0.39, 0.29) is 16.6 Å². The fraction of sp³-hybridized carbons (Fsp3) is 0.190. The van der Waals surface area contributed by atoms with E-state index in [0.717, 1.165) is 11.3 Å². The number of nitrogens with zero attached hydrogens (tertiary/aromatic N) is 1. The normalized spacial score (nSPS) is 13.1. The fourth-order valence-electron chi connectivity index (χ4n) is 3.42. The second-order valence-electron chi connectivity index (χ2n) is 6.65. The molecule has 0 bridgehead atoms. The quantitative estimate of drug-likeness (QED) is 0.626. The van der Waals surface area contributed by atoms with Gasteiger partial charge in [-0.2, -0.15) is 0 Å². The van der Waals surface area contributed by atoms with Gasteiger partial charge in [0.05, 0.1) is 19.1 Å². The first-order valence-electron chi connectivity index (χ1n) is 9.16. The molecule has 2 heterocycles. The zero-order chi connectivity index (χ0) is 21.3. The van der Waals surface area contributed by atoms with Crippen LogP contribution in [0.3, 0.4) is 0 Å². The Morgan fingerprint density at radius 3 is 2.63 bits per heavy atom. The maximum absolute atomic E-state index is 12.9. The number of ether oxygens (including phenoxy) is 2. The van der Waals surface area contributed by atoms with Crippen LogP contribution < -0.4 is 19.1 Å². The largest absolute Gasteiger partial charge is 0.497 e. The Balaban J connectivity index is 1.59. The number of benzene rings is 2. The van der Waals surface area contributed by atoms with E-state index in [2.05, 4.69) is 4.72 Å². The van der Waals surface area contributed by atoms with Gasteiger partial charge < -0.3 is 14.4 Å². The smallest absolute Gasteiger partial charge is 0.268 e. The third-order valence-corrected chi connectivity index (χ3v) is 7.14. The molecule has 0 atom stereocenters. The van der Waals surface area contributed by atoms with Gasteiger partial charge in [-0.05, 0) is 53.8 Å².